The lowest BCUT2D eigenvalue weighted by Gasteiger charge is -2.29. The van der Waals surface area contributed by atoms with Gasteiger partial charge in [-0.2, -0.15) is 0 Å². The van der Waals surface area contributed by atoms with Gasteiger partial charge in [0.05, 0.1) is 29.0 Å². The Labute approximate surface area is 190 Å². The number of carbonyl (C=O) groups is 2. The zero-order valence-corrected chi connectivity index (χ0v) is 18.1. The number of hydroxylamine groups is 1. The van der Waals surface area contributed by atoms with Crippen LogP contribution in [-0.2, 0) is 14.4 Å². The lowest BCUT2D eigenvalue weighted by molar-refractivity contribution is -0.126. The number of nitrogens with zero attached hydrogens (tertiary/aromatic N) is 2. The van der Waals surface area contributed by atoms with E-state index in [-0.39, 0.29) is 5.91 Å². The van der Waals surface area contributed by atoms with Gasteiger partial charge in [0, 0.05) is 0 Å². The summed E-state index contributed by atoms with van der Waals surface area (Å²) in [6.07, 6.45) is -0.935. The number of amides is 2. The summed E-state index contributed by atoms with van der Waals surface area (Å²) in [6.45, 7) is 2.49. The molecular weight excluding hydrogens is 428 g/mol. The van der Waals surface area contributed by atoms with E-state index in [0.717, 1.165) is 21.9 Å². The van der Waals surface area contributed by atoms with Crippen LogP contribution < -0.4 is 14.7 Å². The van der Waals surface area contributed by atoms with Crippen LogP contribution in [0.15, 0.2) is 78.9 Å². The molecule has 7 heteroatoms. The molecule has 3 atom stereocenters. The molecule has 2 aliphatic rings. The molecule has 3 aromatic rings. The van der Waals surface area contributed by atoms with Gasteiger partial charge >= 0.3 is 0 Å². The third kappa shape index (κ3) is 3.32. The number of hydrogen-bond acceptors (Lipinski definition) is 5. The smallest absolute Gasteiger partial charge is 0.266 e. The number of hydrogen-bond donors (Lipinski definition) is 0. The highest BCUT2D eigenvalue weighted by atomic mass is 35.5. The fourth-order valence-corrected chi connectivity index (χ4v) is 4.57. The number of anilines is 2. The molecule has 3 aromatic carbocycles. The first-order valence-electron chi connectivity index (χ1n) is 10.5. The number of ether oxygens (including phenoxy) is 1. The Balaban J connectivity index is 1.57. The number of halogens is 1. The first-order chi connectivity index (χ1) is 15.6. The third-order valence-corrected chi connectivity index (χ3v) is 6.07. The molecule has 0 spiro atoms. The average molecular weight is 449 g/mol. The van der Waals surface area contributed by atoms with Crippen molar-refractivity contribution >= 4 is 34.8 Å². The zero-order chi connectivity index (χ0) is 22.2. The van der Waals surface area contributed by atoms with Crippen molar-refractivity contribution in [2.75, 3.05) is 16.6 Å². The van der Waals surface area contributed by atoms with Crippen molar-refractivity contribution in [2.45, 2.75) is 19.1 Å². The molecule has 162 valence electrons. The van der Waals surface area contributed by atoms with Crippen molar-refractivity contribution in [1.82, 2.24) is 0 Å². The monoisotopic (exact) mass is 448 g/mol. The van der Waals surface area contributed by atoms with E-state index in [4.69, 9.17) is 21.2 Å². The summed E-state index contributed by atoms with van der Waals surface area (Å²) in [6, 6.07) is 23.4. The number of carbonyl (C=O) groups excluding carboxylic acids is 2. The van der Waals surface area contributed by atoms with E-state index in [9.17, 15) is 9.59 Å². The quantitative estimate of drug-likeness (QED) is 0.525. The van der Waals surface area contributed by atoms with Crippen LogP contribution >= 0.6 is 11.6 Å². The van der Waals surface area contributed by atoms with Crippen molar-refractivity contribution < 1.29 is 19.2 Å². The summed E-state index contributed by atoms with van der Waals surface area (Å²) >= 11 is 6.31. The Morgan fingerprint density at radius 1 is 0.906 bits per heavy atom. The molecule has 2 amide bonds. The number of para-hydroxylation sites is 2. The Hall–Kier alpha value is -3.35. The van der Waals surface area contributed by atoms with Gasteiger partial charge in [0.1, 0.15) is 11.7 Å². The molecule has 0 N–H and O–H groups in total. The standard InChI is InChI=1S/C25H21ClN2O4/c1-2-31-18-14-12-16(13-15-18)22-21-23(32-28(22)17-8-4-3-5-9-17)25(30)27(24(21)29)20-11-7-6-10-19(20)26/h3-15,21-23H,2H2,1H3/t21-,22-,23-/m1/s1. The lowest BCUT2D eigenvalue weighted by atomic mass is 9.90. The fourth-order valence-electron chi connectivity index (χ4n) is 4.35. The minimum Gasteiger partial charge on any atom is -0.494 e. The van der Waals surface area contributed by atoms with E-state index in [1.54, 1.807) is 29.3 Å². The van der Waals surface area contributed by atoms with E-state index in [1.165, 1.54) is 0 Å². The van der Waals surface area contributed by atoms with Crippen LogP contribution in [0.5, 0.6) is 5.75 Å². The molecule has 2 fully saturated rings. The molecule has 0 bridgehead atoms. The van der Waals surface area contributed by atoms with E-state index in [0.29, 0.717) is 17.3 Å². The van der Waals surface area contributed by atoms with Gasteiger partial charge in [-0.25, -0.2) is 9.96 Å². The lowest BCUT2D eigenvalue weighted by Crippen LogP contribution is -2.37. The largest absolute Gasteiger partial charge is 0.494 e. The van der Waals surface area contributed by atoms with Crippen LogP contribution in [0, 0.1) is 5.92 Å². The highest BCUT2D eigenvalue weighted by Crippen LogP contribution is 2.48. The summed E-state index contributed by atoms with van der Waals surface area (Å²) in [5.74, 6) is -0.714. The second-order valence-electron chi connectivity index (χ2n) is 7.62. The predicted molar refractivity (Wildman–Crippen MR) is 122 cm³/mol. The van der Waals surface area contributed by atoms with Crippen molar-refractivity contribution in [2.24, 2.45) is 5.92 Å². The van der Waals surface area contributed by atoms with Crippen molar-refractivity contribution in [3.05, 3.63) is 89.4 Å². The van der Waals surface area contributed by atoms with Gasteiger partial charge in [0.2, 0.25) is 5.91 Å². The van der Waals surface area contributed by atoms with Gasteiger partial charge in [0.15, 0.2) is 6.10 Å². The van der Waals surface area contributed by atoms with Crippen LogP contribution in [0.1, 0.15) is 18.5 Å². The van der Waals surface area contributed by atoms with E-state index >= 15 is 0 Å². The Morgan fingerprint density at radius 3 is 2.28 bits per heavy atom. The molecule has 6 nitrogen and oxygen atoms in total. The molecule has 0 unspecified atom stereocenters. The highest BCUT2D eigenvalue weighted by Gasteiger charge is 2.60. The summed E-state index contributed by atoms with van der Waals surface area (Å²) in [5, 5.41) is 2.01. The average Bonchev–Trinajstić information content (AvgIpc) is 3.32. The van der Waals surface area contributed by atoms with Crippen LogP contribution in [0.2, 0.25) is 5.02 Å². The summed E-state index contributed by atoms with van der Waals surface area (Å²) in [4.78, 5) is 34.2. The molecule has 32 heavy (non-hydrogen) atoms. The molecule has 0 aliphatic carbocycles. The van der Waals surface area contributed by atoms with Crippen LogP contribution in [0.3, 0.4) is 0 Å². The van der Waals surface area contributed by atoms with Gasteiger partial charge < -0.3 is 4.74 Å². The Kier molecular flexibility index (Phi) is 5.33. The maximum Gasteiger partial charge on any atom is 0.266 e. The summed E-state index contributed by atoms with van der Waals surface area (Å²) < 4.78 is 5.56. The second kappa shape index (κ2) is 8.30. The molecule has 5 rings (SSSR count). The van der Waals surface area contributed by atoms with Gasteiger partial charge in [-0.15, -0.1) is 0 Å². The number of rotatable bonds is 5. The molecule has 0 radical (unpaired) electrons. The molecule has 2 saturated heterocycles. The van der Waals surface area contributed by atoms with Gasteiger partial charge in [0.25, 0.3) is 5.91 Å². The minimum atomic E-state index is -0.935. The van der Waals surface area contributed by atoms with Gasteiger partial charge in [-0.1, -0.05) is 54.1 Å². The maximum absolute atomic E-state index is 13.6. The van der Waals surface area contributed by atoms with Crippen LogP contribution in [-0.4, -0.2) is 24.5 Å². The Morgan fingerprint density at radius 2 is 1.59 bits per heavy atom. The number of benzene rings is 3. The third-order valence-electron chi connectivity index (χ3n) is 5.75. The van der Waals surface area contributed by atoms with E-state index < -0.39 is 24.0 Å². The van der Waals surface area contributed by atoms with Gasteiger partial charge in [-0.3, -0.25) is 14.4 Å². The first-order valence-corrected chi connectivity index (χ1v) is 10.8. The first kappa shape index (κ1) is 20.5. The maximum atomic E-state index is 13.6. The molecule has 2 aliphatic heterocycles. The van der Waals surface area contributed by atoms with E-state index in [1.807, 2.05) is 61.5 Å². The van der Waals surface area contributed by atoms with Crippen LogP contribution in [0.4, 0.5) is 11.4 Å². The van der Waals surface area contributed by atoms with Crippen molar-refractivity contribution in [3.8, 4) is 5.75 Å². The topological polar surface area (TPSA) is 59.1 Å². The molecular formula is C25H21ClN2O4. The normalized spacial score (nSPS) is 22.4. The number of fused-ring (bicyclic) bond motifs is 1. The zero-order valence-electron chi connectivity index (χ0n) is 17.4. The SMILES string of the molecule is CCOc1ccc([C@@H]2[C@H]3C(=O)N(c4ccccc4Cl)C(=O)[C@@H]3ON2c2ccccc2)cc1. The van der Waals surface area contributed by atoms with Crippen LogP contribution in [0.25, 0.3) is 0 Å². The Bertz CT molecular complexity index is 1150. The second-order valence-corrected chi connectivity index (χ2v) is 8.03. The fraction of sp³-hybridized carbons (Fsp3) is 0.200. The van der Waals surface area contributed by atoms with E-state index in [2.05, 4.69) is 0 Å². The molecule has 2 heterocycles. The van der Waals surface area contributed by atoms with Crippen molar-refractivity contribution in [1.29, 1.82) is 0 Å². The highest BCUT2D eigenvalue weighted by molar-refractivity contribution is 6.36. The summed E-state index contributed by atoms with van der Waals surface area (Å²) in [5.41, 5.74) is 2.00. The molecule has 0 saturated carbocycles. The minimum absolute atomic E-state index is 0.328. The predicted octanol–water partition coefficient (Wildman–Crippen LogP) is 4.79. The van der Waals surface area contributed by atoms with Crippen molar-refractivity contribution in [3.63, 3.8) is 0 Å². The van der Waals surface area contributed by atoms with Gasteiger partial charge in [-0.05, 0) is 48.9 Å². The molecule has 0 aromatic heterocycles. The number of imide groups is 1. The summed E-state index contributed by atoms with van der Waals surface area (Å²) in [7, 11) is 0.